The van der Waals surface area contributed by atoms with E-state index < -0.39 is 5.91 Å². The molecule has 12 heteroatoms. The second kappa shape index (κ2) is 11.8. The van der Waals surface area contributed by atoms with Gasteiger partial charge in [-0.25, -0.2) is 4.98 Å². The van der Waals surface area contributed by atoms with Crippen LogP contribution in [0.15, 0.2) is 30.6 Å². The lowest BCUT2D eigenvalue weighted by molar-refractivity contribution is -0.116. The highest BCUT2D eigenvalue weighted by Gasteiger charge is 2.20. The third-order valence-corrected chi connectivity index (χ3v) is 6.36. The summed E-state index contributed by atoms with van der Waals surface area (Å²) in [7, 11) is 4.84. The molecule has 12 nitrogen and oxygen atoms in total. The maximum absolute atomic E-state index is 12.6. The number of aryl methyl sites for hydroxylation is 1. The number of para-hydroxylation sites is 1. The van der Waals surface area contributed by atoms with Crippen molar-refractivity contribution in [2.75, 3.05) is 44.4 Å². The standard InChI is InChI=1S/C25H33N9O3/c1-16-8-11-34(12-9-16)13-10-21(35)29-20-14-19(22(31-30-20)25(36)26-2)28-18-7-5-6-17(23(18)37-4)24-27-15-33(3)32-24/h5-7,14-16H,8-13H2,1-4H3,(H,26,36)(H2,28,29,30,35). The van der Waals surface area contributed by atoms with E-state index in [1.165, 1.54) is 7.05 Å². The summed E-state index contributed by atoms with van der Waals surface area (Å²) in [6, 6.07) is 7.06. The molecule has 0 aliphatic carbocycles. The van der Waals surface area contributed by atoms with Gasteiger partial charge in [0.15, 0.2) is 23.1 Å². The van der Waals surface area contributed by atoms with Gasteiger partial charge in [0, 0.05) is 33.1 Å². The molecular weight excluding hydrogens is 474 g/mol. The van der Waals surface area contributed by atoms with Crippen molar-refractivity contribution in [2.45, 2.75) is 26.2 Å². The van der Waals surface area contributed by atoms with Crippen LogP contribution in [0.3, 0.4) is 0 Å². The van der Waals surface area contributed by atoms with Crippen molar-refractivity contribution in [3.8, 4) is 17.1 Å². The highest BCUT2D eigenvalue weighted by Crippen LogP contribution is 2.37. The van der Waals surface area contributed by atoms with E-state index in [1.807, 2.05) is 12.1 Å². The second-order valence-electron chi connectivity index (χ2n) is 9.15. The SMILES string of the molecule is CNC(=O)c1nnc(NC(=O)CCN2CCC(C)CC2)cc1Nc1cccc(-c2ncn(C)n2)c1OC. The Hall–Kier alpha value is -4.06. The first-order chi connectivity index (χ1) is 17.9. The zero-order chi connectivity index (χ0) is 26.4. The molecule has 0 unspecified atom stereocenters. The number of ether oxygens (including phenoxy) is 1. The smallest absolute Gasteiger partial charge is 0.273 e. The average molecular weight is 508 g/mol. The summed E-state index contributed by atoms with van der Waals surface area (Å²) < 4.78 is 7.27. The van der Waals surface area contributed by atoms with Gasteiger partial charge in [0.1, 0.15) is 6.33 Å². The molecule has 0 saturated carbocycles. The van der Waals surface area contributed by atoms with Gasteiger partial charge in [-0.15, -0.1) is 10.2 Å². The van der Waals surface area contributed by atoms with Crippen LogP contribution in [0.25, 0.3) is 11.4 Å². The van der Waals surface area contributed by atoms with E-state index in [1.54, 1.807) is 37.3 Å². The number of carbonyl (C=O) groups is 2. The van der Waals surface area contributed by atoms with Crippen molar-refractivity contribution in [3.63, 3.8) is 0 Å². The molecule has 0 atom stereocenters. The number of anilines is 3. The molecule has 1 fully saturated rings. The molecule has 3 heterocycles. The van der Waals surface area contributed by atoms with Crippen LogP contribution in [-0.4, -0.2) is 75.5 Å². The van der Waals surface area contributed by atoms with Gasteiger partial charge in [-0.2, -0.15) is 5.10 Å². The summed E-state index contributed by atoms with van der Waals surface area (Å²) in [5, 5.41) is 21.1. The van der Waals surface area contributed by atoms with E-state index in [9.17, 15) is 9.59 Å². The summed E-state index contributed by atoms with van der Waals surface area (Å²) in [5.41, 5.74) is 1.69. The van der Waals surface area contributed by atoms with Crippen LogP contribution in [-0.2, 0) is 11.8 Å². The second-order valence-corrected chi connectivity index (χ2v) is 9.15. The van der Waals surface area contributed by atoms with Crippen LogP contribution in [0, 0.1) is 5.92 Å². The molecule has 0 bridgehead atoms. The number of aromatic nitrogens is 5. The van der Waals surface area contributed by atoms with E-state index in [2.05, 4.69) is 48.1 Å². The first-order valence-electron chi connectivity index (χ1n) is 12.3. The molecule has 37 heavy (non-hydrogen) atoms. The number of methoxy groups -OCH3 is 1. The third-order valence-electron chi connectivity index (χ3n) is 6.36. The fourth-order valence-corrected chi connectivity index (χ4v) is 4.22. The molecule has 196 valence electrons. The Kier molecular flexibility index (Phi) is 8.29. The minimum atomic E-state index is -0.422. The molecule has 1 aliphatic rings. The van der Waals surface area contributed by atoms with Gasteiger partial charge in [-0.05, 0) is 44.0 Å². The van der Waals surface area contributed by atoms with Crippen LogP contribution in [0.4, 0.5) is 17.2 Å². The van der Waals surface area contributed by atoms with E-state index in [-0.39, 0.29) is 17.4 Å². The molecule has 2 aromatic heterocycles. The molecule has 1 saturated heterocycles. The van der Waals surface area contributed by atoms with Crippen LogP contribution in [0.2, 0.25) is 0 Å². The Balaban J connectivity index is 1.54. The lowest BCUT2D eigenvalue weighted by Crippen LogP contribution is -2.35. The van der Waals surface area contributed by atoms with Crippen molar-refractivity contribution in [2.24, 2.45) is 13.0 Å². The molecule has 0 radical (unpaired) electrons. The van der Waals surface area contributed by atoms with Crippen LogP contribution < -0.4 is 20.7 Å². The van der Waals surface area contributed by atoms with Gasteiger partial charge in [0.05, 0.1) is 24.0 Å². The topological polar surface area (TPSA) is 139 Å². The number of likely N-dealkylation sites (tertiary alicyclic amines) is 1. The highest BCUT2D eigenvalue weighted by molar-refractivity contribution is 5.99. The van der Waals surface area contributed by atoms with Crippen LogP contribution >= 0.6 is 0 Å². The summed E-state index contributed by atoms with van der Waals surface area (Å²) in [5.74, 6) is 1.40. The van der Waals surface area contributed by atoms with Crippen molar-refractivity contribution in [1.29, 1.82) is 0 Å². The minimum Gasteiger partial charge on any atom is -0.494 e. The lowest BCUT2D eigenvalue weighted by atomic mass is 9.99. The van der Waals surface area contributed by atoms with Crippen molar-refractivity contribution >= 4 is 29.0 Å². The quantitative estimate of drug-likeness (QED) is 0.398. The number of benzene rings is 1. The summed E-state index contributed by atoms with van der Waals surface area (Å²) in [6.45, 7) is 4.98. The molecule has 0 spiro atoms. The molecule has 3 aromatic rings. The van der Waals surface area contributed by atoms with Gasteiger partial charge in [0.2, 0.25) is 5.91 Å². The lowest BCUT2D eigenvalue weighted by Gasteiger charge is -2.29. The molecule has 1 aliphatic heterocycles. The van der Waals surface area contributed by atoms with E-state index >= 15 is 0 Å². The zero-order valence-electron chi connectivity index (χ0n) is 21.6. The fourth-order valence-electron chi connectivity index (χ4n) is 4.22. The number of carbonyl (C=O) groups excluding carboxylic acids is 2. The van der Waals surface area contributed by atoms with Crippen molar-refractivity contribution in [1.82, 2.24) is 35.2 Å². The first-order valence-corrected chi connectivity index (χ1v) is 12.3. The summed E-state index contributed by atoms with van der Waals surface area (Å²) in [4.78, 5) is 31.7. The molecule has 3 N–H and O–H groups in total. The number of hydrogen-bond acceptors (Lipinski definition) is 9. The number of rotatable bonds is 9. The van der Waals surface area contributed by atoms with Gasteiger partial charge in [-0.1, -0.05) is 13.0 Å². The number of hydrogen-bond donors (Lipinski definition) is 3. The number of piperidine rings is 1. The Morgan fingerprint density at radius 3 is 2.62 bits per heavy atom. The average Bonchev–Trinajstić information content (AvgIpc) is 3.34. The predicted octanol–water partition coefficient (Wildman–Crippen LogP) is 2.44. The minimum absolute atomic E-state index is 0.0753. The maximum atomic E-state index is 12.6. The Morgan fingerprint density at radius 2 is 1.95 bits per heavy atom. The maximum Gasteiger partial charge on any atom is 0.273 e. The summed E-state index contributed by atoms with van der Waals surface area (Å²) in [6.07, 6.45) is 4.27. The van der Waals surface area contributed by atoms with Crippen LogP contribution in [0.1, 0.15) is 36.7 Å². The van der Waals surface area contributed by atoms with E-state index in [0.717, 1.165) is 31.8 Å². The van der Waals surface area contributed by atoms with E-state index in [4.69, 9.17) is 4.74 Å². The fraction of sp³-hybridized carbons (Fsp3) is 0.440. The summed E-state index contributed by atoms with van der Waals surface area (Å²) >= 11 is 0. The van der Waals surface area contributed by atoms with Gasteiger partial charge >= 0.3 is 0 Å². The Morgan fingerprint density at radius 1 is 1.16 bits per heavy atom. The molecule has 4 rings (SSSR count). The predicted molar refractivity (Wildman–Crippen MR) is 140 cm³/mol. The third kappa shape index (κ3) is 6.39. The van der Waals surface area contributed by atoms with Gasteiger partial charge in [0.25, 0.3) is 5.91 Å². The van der Waals surface area contributed by atoms with E-state index in [0.29, 0.717) is 41.5 Å². The number of nitrogens with zero attached hydrogens (tertiary/aromatic N) is 6. The largest absolute Gasteiger partial charge is 0.494 e. The van der Waals surface area contributed by atoms with Gasteiger partial charge < -0.3 is 25.6 Å². The first kappa shape index (κ1) is 26.0. The van der Waals surface area contributed by atoms with Crippen LogP contribution in [0.5, 0.6) is 5.75 Å². The van der Waals surface area contributed by atoms with Crippen molar-refractivity contribution in [3.05, 3.63) is 36.3 Å². The molecule has 1 aromatic carbocycles. The molecular formula is C25H33N9O3. The Bertz CT molecular complexity index is 1250. The number of amides is 2. The normalized spacial score (nSPS) is 14.3. The highest BCUT2D eigenvalue weighted by atomic mass is 16.5. The Labute approximate surface area is 215 Å². The number of nitrogens with one attached hydrogen (secondary N) is 3. The zero-order valence-corrected chi connectivity index (χ0v) is 21.6. The monoisotopic (exact) mass is 507 g/mol. The van der Waals surface area contributed by atoms with Gasteiger partial charge in [-0.3, -0.25) is 14.3 Å². The van der Waals surface area contributed by atoms with Crippen molar-refractivity contribution < 1.29 is 14.3 Å². The molecule has 2 amide bonds.